The third-order valence-electron chi connectivity index (χ3n) is 5.43. The molecule has 0 bridgehead atoms. The lowest BCUT2D eigenvalue weighted by atomic mass is 9.94. The van der Waals surface area contributed by atoms with Crippen LogP contribution in [0.15, 0.2) is 48.5 Å². The first-order chi connectivity index (χ1) is 14.5. The van der Waals surface area contributed by atoms with E-state index < -0.39 is 10.1 Å². The number of aryl methyl sites for hydroxylation is 3. The maximum atomic E-state index is 12.2. The van der Waals surface area contributed by atoms with Crippen LogP contribution in [0.5, 0.6) is 0 Å². The highest BCUT2D eigenvalue weighted by atomic mass is 32.2. The summed E-state index contributed by atoms with van der Waals surface area (Å²) in [6.07, 6.45) is 11.3. The lowest BCUT2D eigenvalue weighted by molar-refractivity contribution is 0.311. The first-order valence-electron chi connectivity index (χ1n) is 11.6. The minimum absolute atomic E-state index is 0.0669. The molecule has 0 aromatic heterocycles. The lowest BCUT2D eigenvalue weighted by Gasteiger charge is -2.13. The zero-order valence-corrected chi connectivity index (χ0v) is 19.6. The van der Waals surface area contributed by atoms with Crippen molar-refractivity contribution in [1.82, 2.24) is 0 Å². The molecule has 2 aromatic carbocycles. The van der Waals surface area contributed by atoms with E-state index in [0.29, 0.717) is 6.42 Å². The molecule has 2 aromatic rings. The topological polar surface area (TPSA) is 43.4 Å². The minimum atomic E-state index is -3.54. The van der Waals surface area contributed by atoms with E-state index in [4.69, 9.17) is 4.18 Å². The molecule has 0 amide bonds. The Bertz CT molecular complexity index is 829. The van der Waals surface area contributed by atoms with Crippen LogP contribution >= 0.6 is 0 Å². The summed E-state index contributed by atoms with van der Waals surface area (Å²) in [4.78, 5) is 0. The zero-order chi connectivity index (χ0) is 21.7. The van der Waals surface area contributed by atoms with E-state index in [1.165, 1.54) is 55.2 Å². The quantitative estimate of drug-likeness (QED) is 0.235. The zero-order valence-electron chi connectivity index (χ0n) is 18.7. The highest BCUT2D eigenvalue weighted by Crippen LogP contribution is 2.19. The normalized spacial score (nSPS) is 11.7. The van der Waals surface area contributed by atoms with Gasteiger partial charge in [0.1, 0.15) is 5.75 Å². The molecule has 0 N–H and O–H groups in total. The van der Waals surface area contributed by atoms with Gasteiger partial charge in [-0.25, -0.2) is 0 Å². The molecule has 2 rings (SSSR count). The summed E-state index contributed by atoms with van der Waals surface area (Å²) in [5.41, 5.74) is 4.97. The number of unbranched alkanes of at least 4 members (excludes halogenated alkanes) is 4. The van der Waals surface area contributed by atoms with Crippen LogP contribution in [0.2, 0.25) is 0 Å². The third kappa shape index (κ3) is 9.44. The van der Waals surface area contributed by atoms with E-state index in [1.54, 1.807) is 0 Å². The van der Waals surface area contributed by atoms with Crippen molar-refractivity contribution in [3.05, 3.63) is 70.8 Å². The molecule has 0 saturated carbocycles. The van der Waals surface area contributed by atoms with Crippen LogP contribution < -0.4 is 0 Å². The van der Waals surface area contributed by atoms with Crippen LogP contribution in [0.4, 0.5) is 0 Å². The maximum absolute atomic E-state index is 12.2. The molecule has 166 valence electrons. The standard InChI is InChI=1S/C26H38O3S/c1-3-5-8-13-23-18-19-25(26(21-23)16-9-6-4-2)17-12-20-29-30(27,28)22-24-14-10-7-11-15-24/h7,10-11,14-15,18-19,21H,3-6,8-9,12-13,16-17,20,22H2,1-2H3. The second-order valence-electron chi connectivity index (χ2n) is 8.13. The number of benzene rings is 2. The third-order valence-corrected chi connectivity index (χ3v) is 6.64. The van der Waals surface area contributed by atoms with Gasteiger partial charge in [-0.2, -0.15) is 8.42 Å². The van der Waals surface area contributed by atoms with Crippen molar-refractivity contribution < 1.29 is 12.6 Å². The average molecular weight is 431 g/mol. The first kappa shape index (κ1) is 24.6. The fourth-order valence-electron chi connectivity index (χ4n) is 3.72. The van der Waals surface area contributed by atoms with Gasteiger partial charge in [0, 0.05) is 0 Å². The maximum Gasteiger partial charge on any atom is 0.271 e. The summed E-state index contributed by atoms with van der Waals surface area (Å²) in [6, 6.07) is 16.1. The highest BCUT2D eigenvalue weighted by molar-refractivity contribution is 7.85. The largest absolute Gasteiger partial charge is 0.271 e. The molecule has 0 aliphatic rings. The molecule has 0 aliphatic carbocycles. The van der Waals surface area contributed by atoms with Crippen LogP contribution in [-0.2, 0) is 39.3 Å². The van der Waals surface area contributed by atoms with Gasteiger partial charge in [-0.1, -0.05) is 88.1 Å². The molecule has 0 saturated heterocycles. The van der Waals surface area contributed by atoms with E-state index >= 15 is 0 Å². The summed E-state index contributed by atoms with van der Waals surface area (Å²) in [5.74, 6) is -0.0669. The van der Waals surface area contributed by atoms with E-state index in [1.807, 2.05) is 30.3 Å². The number of rotatable bonds is 15. The molecule has 0 aliphatic heterocycles. The number of hydrogen-bond donors (Lipinski definition) is 0. The Labute approximate surface area is 184 Å². The minimum Gasteiger partial charge on any atom is -0.270 e. The summed E-state index contributed by atoms with van der Waals surface area (Å²) < 4.78 is 29.7. The van der Waals surface area contributed by atoms with Crippen molar-refractivity contribution in [2.75, 3.05) is 6.61 Å². The van der Waals surface area contributed by atoms with E-state index in [9.17, 15) is 8.42 Å². The Hall–Kier alpha value is -1.65. The van der Waals surface area contributed by atoms with Gasteiger partial charge in [-0.3, -0.25) is 4.18 Å². The first-order valence-corrected chi connectivity index (χ1v) is 13.1. The SMILES string of the molecule is CCCCCc1ccc(CCCOS(=O)(=O)Cc2ccccc2)c(CCCCC)c1. The Morgan fingerprint density at radius 2 is 1.37 bits per heavy atom. The Morgan fingerprint density at radius 1 is 0.700 bits per heavy atom. The van der Waals surface area contributed by atoms with Gasteiger partial charge < -0.3 is 0 Å². The van der Waals surface area contributed by atoms with Crippen LogP contribution in [0, 0.1) is 0 Å². The van der Waals surface area contributed by atoms with Crippen LogP contribution in [0.1, 0.15) is 81.0 Å². The van der Waals surface area contributed by atoms with Crippen LogP contribution in [0.25, 0.3) is 0 Å². The van der Waals surface area contributed by atoms with Gasteiger partial charge in [0.25, 0.3) is 10.1 Å². The van der Waals surface area contributed by atoms with Gasteiger partial charge in [0.2, 0.25) is 0 Å². The van der Waals surface area contributed by atoms with E-state index in [0.717, 1.165) is 24.8 Å². The Morgan fingerprint density at radius 3 is 2.07 bits per heavy atom. The smallest absolute Gasteiger partial charge is 0.270 e. The van der Waals surface area contributed by atoms with Gasteiger partial charge >= 0.3 is 0 Å². The van der Waals surface area contributed by atoms with Crippen molar-refractivity contribution in [2.45, 2.75) is 83.8 Å². The van der Waals surface area contributed by atoms with Gasteiger partial charge in [-0.05, 0) is 60.8 Å². The molecule has 0 fully saturated rings. The van der Waals surface area contributed by atoms with Crippen molar-refractivity contribution in [3.8, 4) is 0 Å². The second-order valence-corrected chi connectivity index (χ2v) is 9.77. The molecule has 0 unspecified atom stereocenters. The predicted octanol–water partition coefficient (Wildman–Crippen LogP) is 6.63. The van der Waals surface area contributed by atoms with Crippen molar-refractivity contribution in [3.63, 3.8) is 0 Å². The highest BCUT2D eigenvalue weighted by Gasteiger charge is 2.12. The summed E-state index contributed by atoms with van der Waals surface area (Å²) in [5, 5.41) is 0. The van der Waals surface area contributed by atoms with Crippen molar-refractivity contribution in [2.24, 2.45) is 0 Å². The fraction of sp³-hybridized carbons (Fsp3) is 0.538. The van der Waals surface area contributed by atoms with Gasteiger partial charge in [-0.15, -0.1) is 0 Å². The second kappa shape index (κ2) is 13.6. The van der Waals surface area contributed by atoms with Gasteiger partial charge in [0.15, 0.2) is 0 Å². The molecule has 3 nitrogen and oxygen atoms in total. The molecular formula is C26H38O3S. The summed E-state index contributed by atoms with van der Waals surface area (Å²) in [7, 11) is -3.54. The Kier molecular flexibility index (Phi) is 11.2. The average Bonchev–Trinajstić information content (AvgIpc) is 2.73. The van der Waals surface area contributed by atoms with E-state index in [-0.39, 0.29) is 12.4 Å². The van der Waals surface area contributed by atoms with Crippen molar-refractivity contribution in [1.29, 1.82) is 0 Å². The monoisotopic (exact) mass is 430 g/mol. The Balaban J connectivity index is 1.88. The summed E-state index contributed by atoms with van der Waals surface area (Å²) in [6.45, 7) is 4.71. The fourth-order valence-corrected chi connectivity index (χ4v) is 4.78. The van der Waals surface area contributed by atoms with Crippen LogP contribution in [-0.4, -0.2) is 15.0 Å². The molecule has 0 radical (unpaired) electrons. The molecule has 4 heteroatoms. The molecule has 0 spiro atoms. The van der Waals surface area contributed by atoms with Crippen LogP contribution in [0.3, 0.4) is 0 Å². The predicted molar refractivity (Wildman–Crippen MR) is 126 cm³/mol. The van der Waals surface area contributed by atoms with E-state index in [2.05, 4.69) is 32.0 Å². The number of hydrogen-bond acceptors (Lipinski definition) is 3. The molecule has 30 heavy (non-hydrogen) atoms. The summed E-state index contributed by atoms with van der Waals surface area (Å²) >= 11 is 0. The van der Waals surface area contributed by atoms with Gasteiger partial charge in [0.05, 0.1) is 6.61 Å². The molecule has 0 heterocycles. The lowest BCUT2D eigenvalue weighted by Crippen LogP contribution is -2.10. The molecule has 0 atom stereocenters. The molecular weight excluding hydrogens is 392 g/mol. The van der Waals surface area contributed by atoms with Crippen molar-refractivity contribution >= 4 is 10.1 Å².